The number of hydrogen-bond acceptors (Lipinski definition) is 1. The molecule has 2 heteroatoms. The fraction of sp³-hybridized carbons (Fsp3) is 0.974. The summed E-state index contributed by atoms with van der Waals surface area (Å²) in [6, 6.07) is 0. The summed E-state index contributed by atoms with van der Waals surface area (Å²) in [6.45, 7) is 6.86. The van der Waals surface area contributed by atoms with Gasteiger partial charge < -0.3 is 5.11 Å². The van der Waals surface area contributed by atoms with Crippen LogP contribution in [0.4, 0.5) is 0 Å². The highest BCUT2D eigenvalue weighted by Gasteiger charge is 1.97. The average molecular weight is 567 g/mol. The zero-order valence-electron chi connectivity index (χ0n) is 28.4. The highest BCUT2D eigenvalue weighted by atomic mass is 16.4. The predicted molar refractivity (Wildman–Crippen MR) is 182 cm³/mol. The molecule has 0 fully saturated rings. The molecule has 0 amide bonds. The molecule has 2 nitrogen and oxygen atoms in total. The van der Waals surface area contributed by atoms with E-state index < -0.39 is 5.97 Å². The monoisotopic (exact) mass is 567 g/mol. The third kappa shape index (κ3) is 44.5. The number of hydrogen-bond donors (Lipinski definition) is 1. The van der Waals surface area contributed by atoms with Crippen molar-refractivity contribution in [1.82, 2.24) is 0 Å². The summed E-state index contributed by atoms with van der Waals surface area (Å²) in [7, 11) is 0. The summed E-state index contributed by atoms with van der Waals surface area (Å²) in [4.78, 5) is 10.3. The molecule has 0 aliphatic rings. The second-order valence-electron chi connectivity index (χ2n) is 12.8. The molecule has 0 unspecified atom stereocenters. The number of unbranched alkanes of at least 4 members (excludes halogenated alkanes) is 31. The number of rotatable bonds is 33. The van der Waals surface area contributed by atoms with Crippen LogP contribution in [0.5, 0.6) is 0 Å². The Kier molecular flexibility index (Phi) is 42.2. The number of carboxylic acids is 1. The minimum Gasteiger partial charge on any atom is -0.481 e. The molecule has 0 aromatic rings. The Hall–Kier alpha value is -0.530. The van der Waals surface area contributed by atoms with Crippen LogP contribution in [0.1, 0.15) is 239 Å². The van der Waals surface area contributed by atoms with Crippen molar-refractivity contribution in [3.63, 3.8) is 0 Å². The van der Waals surface area contributed by atoms with Gasteiger partial charge in [-0.1, -0.05) is 226 Å². The van der Waals surface area contributed by atoms with E-state index in [1.54, 1.807) is 0 Å². The lowest BCUT2D eigenvalue weighted by atomic mass is 10.0. The van der Waals surface area contributed by atoms with Crippen LogP contribution in [0, 0.1) is 0 Å². The molecule has 0 aliphatic carbocycles. The Labute approximate surface area is 254 Å². The van der Waals surface area contributed by atoms with Crippen molar-refractivity contribution in [3.05, 3.63) is 0 Å². The zero-order valence-corrected chi connectivity index (χ0v) is 28.4. The van der Waals surface area contributed by atoms with Gasteiger partial charge in [0.05, 0.1) is 0 Å². The molecular weight excluding hydrogens is 488 g/mol. The molecule has 0 aliphatic heterocycles. The van der Waals surface area contributed by atoms with Crippen LogP contribution in [-0.4, -0.2) is 11.1 Å². The molecule has 242 valence electrons. The topological polar surface area (TPSA) is 37.3 Å². The van der Waals surface area contributed by atoms with E-state index in [1.165, 1.54) is 199 Å². The lowest BCUT2D eigenvalue weighted by molar-refractivity contribution is -0.137. The van der Waals surface area contributed by atoms with Crippen molar-refractivity contribution in [3.8, 4) is 0 Å². The fourth-order valence-electron chi connectivity index (χ4n) is 5.62. The van der Waals surface area contributed by atoms with E-state index in [-0.39, 0.29) is 0 Å². The minimum atomic E-state index is -0.652. The maximum Gasteiger partial charge on any atom is 0.303 e. The normalized spacial score (nSPS) is 11.0. The Morgan fingerprint density at radius 1 is 0.300 bits per heavy atom. The minimum absolute atomic E-state index is 0.346. The third-order valence-electron chi connectivity index (χ3n) is 8.45. The number of aliphatic carboxylic acids is 1. The van der Waals surface area contributed by atoms with E-state index in [0.717, 1.165) is 12.8 Å². The van der Waals surface area contributed by atoms with Crippen LogP contribution < -0.4 is 0 Å². The van der Waals surface area contributed by atoms with Crippen molar-refractivity contribution in [1.29, 1.82) is 0 Å². The molecule has 0 radical (unpaired) electrons. The molecule has 0 aromatic carbocycles. The van der Waals surface area contributed by atoms with Crippen molar-refractivity contribution in [2.75, 3.05) is 0 Å². The first kappa shape index (κ1) is 41.6. The molecule has 0 saturated heterocycles. The van der Waals surface area contributed by atoms with Crippen molar-refractivity contribution >= 4 is 5.97 Å². The molecule has 0 atom stereocenters. The number of carboxylic acid groups (broad SMARTS) is 1. The van der Waals surface area contributed by atoms with Gasteiger partial charge in [-0.2, -0.15) is 0 Å². The summed E-state index contributed by atoms with van der Waals surface area (Å²) < 4.78 is 0. The fourth-order valence-corrected chi connectivity index (χ4v) is 5.62. The van der Waals surface area contributed by atoms with Crippen LogP contribution in [0.15, 0.2) is 0 Å². The van der Waals surface area contributed by atoms with Crippen LogP contribution in [0.25, 0.3) is 0 Å². The molecule has 1 N–H and O–H groups in total. The van der Waals surface area contributed by atoms with E-state index in [0.29, 0.717) is 6.42 Å². The highest BCUT2D eigenvalue weighted by molar-refractivity contribution is 5.66. The Morgan fingerprint density at radius 2 is 0.450 bits per heavy atom. The van der Waals surface area contributed by atoms with Gasteiger partial charge >= 0.3 is 5.97 Å². The van der Waals surface area contributed by atoms with Gasteiger partial charge in [-0.3, -0.25) is 4.79 Å². The summed E-state index contributed by atoms with van der Waals surface area (Å²) in [5.74, 6) is -0.652. The first-order valence-corrected chi connectivity index (χ1v) is 18.9. The molecule has 0 aromatic heterocycles. The molecule has 0 heterocycles. The van der Waals surface area contributed by atoms with Gasteiger partial charge in [-0.05, 0) is 6.42 Å². The Balaban J connectivity index is 0. The van der Waals surface area contributed by atoms with E-state index in [2.05, 4.69) is 20.8 Å². The van der Waals surface area contributed by atoms with Gasteiger partial charge in [0.2, 0.25) is 0 Å². The maximum absolute atomic E-state index is 10.3. The van der Waals surface area contributed by atoms with Crippen LogP contribution in [0.2, 0.25) is 0 Å². The average Bonchev–Trinajstić information content (AvgIpc) is 2.95. The first-order valence-electron chi connectivity index (χ1n) is 18.9. The quantitative estimate of drug-likeness (QED) is 0.0802. The van der Waals surface area contributed by atoms with E-state index in [1.807, 2.05) is 0 Å². The van der Waals surface area contributed by atoms with Crippen molar-refractivity contribution < 1.29 is 9.90 Å². The van der Waals surface area contributed by atoms with Gasteiger partial charge in [0.1, 0.15) is 0 Å². The van der Waals surface area contributed by atoms with Crippen molar-refractivity contribution in [2.24, 2.45) is 0 Å². The Bertz CT molecular complexity index is 417. The molecule has 0 saturated carbocycles. The largest absolute Gasteiger partial charge is 0.481 e. The van der Waals surface area contributed by atoms with E-state index in [4.69, 9.17) is 5.11 Å². The molecule has 0 bridgehead atoms. The smallest absolute Gasteiger partial charge is 0.303 e. The predicted octanol–water partition coefficient (Wildman–Crippen LogP) is 14.4. The van der Waals surface area contributed by atoms with Gasteiger partial charge in [0, 0.05) is 6.42 Å². The zero-order chi connectivity index (χ0) is 29.6. The maximum atomic E-state index is 10.3. The number of carbonyl (C=O) groups is 1. The molecule has 40 heavy (non-hydrogen) atoms. The molecular formula is C38H78O2. The van der Waals surface area contributed by atoms with Crippen LogP contribution in [0.3, 0.4) is 0 Å². The van der Waals surface area contributed by atoms with Gasteiger partial charge in [-0.15, -0.1) is 0 Å². The second kappa shape index (κ2) is 40.6. The molecule has 0 rings (SSSR count). The van der Waals surface area contributed by atoms with Gasteiger partial charge in [0.15, 0.2) is 0 Å². The summed E-state index contributed by atoms with van der Waals surface area (Å²) >= 11 is 0. The second-order valence-corrected chi connectivity index (χ2v) is 12.8. The SMILES string of the molecule is CCCCCCCCCCCCCCCCCCC.CCCCCCCCCCCCCCCCCCC(=O)O. The summed E-state index contributed by atoms with van der Waals surface area (Å²) in [5, 5.41) is 8.53. The van der Waals surface area contributed by atoms with Gasteiger partial charge in [0.25, 0.3) is 0 Å². The molecule has 0 spiro atoms. The van der Waals surface area contributed by atoms with Crippen LogP contribution in [-0.2, 0) is 4.79 Å². The van der Waals surface area contributed by atoms with E-state index >= 15 is 0 Å². The summed E-state index contributed by atoms with van der Waals surface area (Å²) in [6.07, 6.45) is 46.6. The van der Waals surface area contributed by atoms with Crippen molar-refractivity contribution in [2.45, 2.75) is 239 Å². The summed E-state index contributed by atoms with van der Waals surface area (Å²) in [5.41, 5.74) is 0. The third-order valence-corrected chi connectivity index (χ3v) is 8.45. The first-order chi connectivity index (χ1) is 19.7. The lowest BCUT2D eigenvalue weighted by Gasteiger charge is -2.03. The highest BCUT2D eigenvalue weighted by Crippen LogP contribution is 2.15. The Morgan fingerprint density at radius 3 is 0.600 bits per heavy atom. The van der Waals surface area contributed by atoms with Gasteiger partial charge in [-0.25, -0.2) is 0 Å². The lowest BCUT2D eigenvalue weighted by Crippen LogP contribution is -1.93. The van der Waals surface area contributed by atoms with Crippen LogP contribution >= 0.6 is 0 Å². The standard InChI is InChI=1S/C19H38O2.C19H40/c1-2-3-4-5-6-7-8-9-10-11-12-13-14-15-16-17-18-19(20)21;1-3-5-7-9-11-13-15-17-19-18-16-14-12-10-8-6-4-2/h2-18H2,1H3,(H,20,21);3-19H2,1-2H3. The van der Waals surface area contributed by atoms with E-state index in [9.17, 15) is 4.79 Å².